The normalized spacial score (nSPS) is 11.0. The van der Waals surface area contributed by atoms with Crippen LogP contribution in [0.15, 0.2) is 6.20 Å². The van der Waals surface area contributed by atoms with Crippen LogP contribution >= 0.6 is 0 Å². The molecule has 4 heteroatoms. The zero-order valence-corrected chi connectivity index (χ0v) is 12.3. The zero-order chi connectivity index (χ0) is 13.5. The molecule has 4 nitrogen and oxygen atoms in total. The first-order chi connectivity index (χ1) is 8.54. The van der Waals surface area contributed by atoms with Crippen LogP contribution in [0.5, 0.6) is 0 Å². The Labute approximate surface area is 111 Å². The fourth-order valence-corrected chi connectivity index (χ4v) is 1.88. The van der Waals surface area contributed by atoms with E-state index in [4.69, 9.17) is 0 Å². The van der Waals surface area contributed by atoms with Crippen molar-refractivity contribution < 1.29 is 0 Å². The summed E-state index contributed by atoms with van der Waals surface area (Å²) in [7, 11) is 2.09. The van der Waals surface area contributed by atoms with Gasteiger partial charge in [-0.2, -0.15) is 0 Å². The third-order valence-electron chi connectivity index (χ3n) is 2.75. The van der Waals surface area contributed by atoms with Gasteiger partial charge in [0.1, 0.15) is 11.6 Å². The molecule has 0 amide bonds. The molecule has 1 rings (SSSR count). The van der Waals surface area contributed by atoms with Crippen LogP contribution in [-0.4, -0.2) is 30.1 Å². The minimum Gasteiger partial charge on any atom is -0.359 e. The molecular formula is C14H26N4. The smallest absolute Gasteiger partial charge is 0.136 e. The highest BCUT2D eigenvalue weighted by Crippen LogP contribution is 2.16. The summed E-state index contributed by atoms with van der Waals surface area (Å²) in [4.78, 5) is 11.1. The summed E-state index contributed by atoms with van der Waals surface area (Å²) < 4.78 is 0. The second-order valence-electron chi connectivity index (χ2n) is 5.21. The van der Waals surface area contributed by atoms with E-state index in [0.29, 0.717) is 5.92 Å². The van der Waals surface area contributed by atoms with Crippen LogP contribution in [0.1, 0.15) is 38.6 Å². The fraction of sp³-hybridized carbons (Fsp3) is 0.714. The number of aromatic nitrogens is 2. The van der Waals surface area contributed by atoms with Crippen LogP contribution < -0.4 is 10.2 Å². The van der Waals surface area contributed by atoms with E-state index in [1.54, 1.807) is 0 Å². The molecule has 0 aliphatic carbocycles. The van der Waals surface area contributed by atoms with E-state index in [2.05, 4.69) is 48.0 Å². The standard InChI is InChI=1S/C14H26N4/c1-6-7-18(5)14-13(9-15-8-11(2)3)10-16-12(4)17-14/h10-11,15H,6-9H2,1-5H3. The predicted octanol–water partition coefficient (Wildman–Crippen LogP) is 2.38. The zero-order valence-electron chi connectivity index (χ0n) is 12.3. The van der Waals surface area contributed by atoms with Gasteiger partial charge in [-0.05, 0) is 25.8 Å². The predicted molar refractivity (Wildman–Crippen MR) is 76.9 cm³/mol. The summed E-state index contributed by atoms with van der Waals surface area (Å²) in [5.74, 6) is 2.55. The van der Waals surface area contributed by atoms with Gasteiger partial charge in [-0.25, -0.2) is 9.97 Å². The molecule has 0 unspecified atom stereocenters. The van der Waals surface area contributed by atoms with Crippen LogP contribution in [0.2, 0.25) is 0 Å². The summed E-state index contributed by atoms with van der Waals surface area (Å²) in [6.07, 6.45) is 3.07. The highest BCUT2D eigenvalue weighted by Gasteiger charge is 2.09. The minimum absolute atomic E-state index is 0.660. The van der Waals surface area contributed by atoms with Crippen molar-refractivity contribution in [1.29, 1.82) is 0 Å². The van der Waals surface area contributed by atoms with Crippen molar-refractivity contribution in [2.24, 2.45) is 5.92 Å². The van der Waals surface area contributed by atoms with Gasteiger partial charge in [0.2, 0.25) is 0 Å². The number of anilines is 1. The van der Waals surface area contributed by atoms with E-state index in [1.807, 2.05) is 13.1 Å². The molecule has 0 bridgehead atoms. The van der Waals surface area contributed by atoms with Crippen LogP contribution in [0, 0.1) is 12.8 Å². The maximum Gasteiger partial charge on any atom is 0.136 e. The van der Waals surface area contributed by atoms with E-state index in [1.165, 1.54) is 5.56 Å². The molecule has 1 aromatic heterocycles. The lowest BCUT2D eigenvalue weighted by atomic mass is 10.2. The molecule has 0 spiro atoms. The molecule has 0 radical (unpaired) electrons. The molecule has 0 aliphatic heterocycles. The Balaban J connectivity index is 2.76. The molecule has 0 fully saturated rings. The number of hydrogen-bond donors (Lipinski definition) is 1. The molecule has 102 valence electrons. The number of rotatable bonds is 7. The molecule has 0 saturated carbocycles. The monoisotopic (exact) mass is 250 g/mol. The lowest BCUT2D eigenvalue weighted by Gasteiger charge is -2.21. The molecule has 1 N–H and O–H groups in total. The highest BCUT2D eigenvalue weighted by atomic mass is 15.2. The molecular weight excluding hydrogens is 224 g/mol. The maximum absolute atomic E-state index is 4.56. The van der Waals surface area contributed by atoms with Gasteiger partial charge in [-0.3, -0.25) is 0 Å². The van der Waals surface area contributed by atoms with Crippen LogP contribution in [0.4, 0.5) is 5.82 Å². The third kappa shape index (κ3) is 4.61. The average Bonchev–Trinajstić information content (AvgIpc) is 2.31. The van der Waals surface area contributed by atoms with Gasteiger partial charge >= 0.3 is 0 Å². The summed E-state index contributed by atoms with van der Waals surface area (Å²) in [6, 6.07) is 0. The Morgan fingerprint density at radius 3 is 2.72 bits per heavy atom. The first kappa shape index (κ1) is 14.9. The van der Waals surface area contributed by atoms with Gasteiger partial charge in [0, 0.05) is 31.9 Å². The van der Waals surface area contributed by atoms with Gasteiger partial charge < -0.3 is 10.2 Å². The van der Waals surface area contributed by atoms with Crippen LogP contribution in [0.3, 0.4) is 0 Å². The molecule has 0 atom stereocenters. The number of aryl methyl sites for hydroxylation is 1. The van der Waals surface area contributed by atoms with Crippen molar-refractivity contribution in [1.82, 2.24) is 15.3 Å². The highest BCUT2D eigenvalue weighted by molar-refractivity contribution is 5.45. The first-order valence-electron chi connectivity index (χ1n) is 6.79. The van der Waals surface area contributed by atoms with Gasteiger partial charge in [0.15, 0.2) is 0 Å². The Morgan fingerprint density at radius 2 is 2.11 bits per heavy atom. The maximum atomic E-state index is 4.56. The molecule has 1 heterocycles. The van der Waals surface area contributed by atoms with E-state index in [-0.39, 0.29) is 0 Å². The van der Waals surface area contributed by atoms with Gasteiger partial charge in [-0.1, -0.05) is 20.8 Å². The Kier molecular flexibility index (Phi) is 6.05. The second kappa shape index (κ2) is 7.31. The SMILES string of the molecule is CCCN(C)c1nc(C)ncc1CNCC(C)C. The number of nitrogens with zero attached hydrogens (tertiary/aromatic N) is 3. The lowest BCUT2D eigenvalue weighted by molar-refractivity contribution is 0.550. The average molecular weight is 250 g/mol. The molecule has 0 aromatic carbocycles. The Bertz CT molecular complexity index is 363. The van der Waals surface area contributed by atoms with Crippen molar-refractivity contribution in [2.45, 2.75) is 40.7 Å². The molecule has 18 heavy (non-hydrogen) atoms. The Hall–Kier alpha value is -1.16. The van der Waals surface area contributed by atoms with Crippen molar-refractivity contribution in [2.75, 3.05) is 25.0 Å². The van der Waals surface area contributed by atoms with Gasteiger partial charge in [0.25, 0.3) is 0 Å². The fourth-order valence-electron chi connectivity index (χ4n) is 1.88. The largest absolute Gasteiger partial charge is 0.359 e. The topological polar surface area (TPSA) is 41.1 Å². The summed E-state index contributed by atoms with van der Waals surface area (Å²) in [5, 5.41) is 3.45. The van der Waals surface area contributed by atoms with Gasteiger partial charge in [0.05, 0.1) is 0 Å². The summed E-state index contributed by atoms with van der Waals surface area (Å²) in [5.41, 5.74) is 1.18. The minimum atomic E-state index is 0.660. The summed E-state index contributed by atoms with van der Waals surface area (Å²) in [6.45, 7) is 11.4. The van der Waals surface area contributed by atoms with Crippen molar-refractivity contribution in [3.05, 3.63) is 17.6 Å². The van der Waals surface area contributed by atoms with E-state index in [0.717, 1.165) is 37.7 Å². The first-order valence-corrected chi connectivity index (χ1v) is 6.79. The number of nitrogens with one attached hydrogen (secondary N) is 1. The van der Waals surface area contributed by atoms with Crippen LogP contribution in [0.25, 0.3) is 0 Å². The Morgan fingerprint density at radius 1 is 1.39 bits per heavy atom. The lowest BCUT2D eigenvalue weighted by Crippen LogP contribution is -2.25. The quantitative estimate of drug-likeness (QED) is 0.806. The molecule has 1 aromatic rings. The van der Waals surface area contributed by atoms with Gasteiger partial charge in [-0.15, -0.1) is 0 Å². The van der Waals surface area contributed by atoms with Crippen LogP contribution in [-0.2, 0) is 6.54 Å². The van der Waals surface area contributed by atoms with Crippen molar-refractivity contribution in [3.63, 3.8) is 0 Å². The van der Waals surface area contributed by atoms with Crippen molar-refractivity contribution in [3.8, 4) is 0 Å². The number of hydrogen-bond acceptors (Lipinski definition) is 4. The molecule has 0 aliphatic rings. The van der Waals surface area contributed by atoms with E-state index in [9.17, 15) is 0 Å². The van der Waals surface area contributed by atoms with E-state index >= 15 is 0 Å². The summed E-state index contributed by atoms with van der Waals surface area (Å²) >= 11 is 0. The van der Waals surface area contributed by atoms with E-state index < -0.39 is 0 Å². The van der Waals surface area contributed by atoms with Crippen molar-refractivity contribution >= 4 is 5.82 Å². The second-order valence-corrected chi connectivity index (χ2v) is 5.21. The third-order valence-corrected chi connectivity index (χ3v) is 2.75. The molecule has 0 saturated heterocycles.